The second-order valence-corrected chi connectivity index (χ2v) is 19.4. The van der Waals surface area contributed by atoms with E-state index < -0.39 is 5.24 Å². The molecule has 0 bridgehead atoms. The van der Waals surface area contributed by atoms with E-state index in [-0.39, 0.29) is 23.8 Å². The van der Waals surface area contributed by atoms with Crippen LogP contribution in [0, 0.1) is 13.8 Å². The number of nitrogens with zero attached hydrogens (tertiary/aromatic N) is 5. The summed E-state index contributed by atoms with van der Waals surface area (Å²) in [6.07, 6.45) is 7.67. The molecule has 0 saturated heterocycles. The van der Waals surface area contributed by atoms with Gasteiger partial charge in [0.05, 0.1) is 29.0 Å². The number of halogens is 1. The zero-order valence-corrected chi connectivity index (χ0v) is 40.9. The number of amides is 1. The van der Waals surface area contributed by atoms with Gasteiger partial charge in [-0.3, -0.25) is 19.0 Å². The van der Waals surface area contributed by atoms with Crippen LogP contribution in [0.25, 0.3) is 21.8 Å². The van der Waals surface area contributed by atoms with Crippen molar-refractivity contribution in [3.05, 3.63) is 200 Å². The van der Waals surface area contributed by atoms with Gasteiger partial charge in [0.1, 0.15) is 0 Å². The van der Waals surface area contributed by atoms with Gasteiger partial charge in [-0.1, -0.05) is 148 Å². The summed E-state index contributed by atoms with van der Waals surface area (Å²) in [7, 11) is 3.78. The van der Waals surface area contributed by atoms with Crippen molar-refractivity contribution >= 4 is 44.6 Å². The highest BCUT2D eigenvalue weighted by Gasteiger charge is 2.33. The van der Waals surface area contributed by atoms with Crippen molar-refractivity contribution in [1.82, 2.24) is 29.8 Å². The van der Waals surface area contributed by atoms with Gasteiger partial charge < -0.3 is 10.2 Å². The molecule has 0 aliphatic heterocycles. The van der Waals surface area contributed by atoms with Gasteiger partial charge in [0.15, 0.2) is 0 Å². The van der Waals surface area contributed by atoms with E-state index in [1.165, 1.54) is 51.8 Å². The fourth-order valence-corrected chi connectivity index (χ4v) is 9.95. The first-order valence-electron chi connectivity index (χ1n) is 23.6. The molecule has 2 aromatic heterocycles. The number of hydrogen-bond acceptors (Lipinski definition) is 5. The first-order chi connectivity index (χ1) is 32.2. The standard InChI is InChI=1S/C29H31N3O.C17H19N.C12H13ClN2O/c1-19(2)25-13-14-27-26(17-30-31(27)4)28(25)29(33)32(18-21-11-9-20(3)10-12-21)24-15-22-7-5-6-8-23(22)16-24;1-13-6-8-14(9-7-13)12-18-17-10-15-4-2-3-5-16(15)11-17;1-7(2)8-4-5-10-9(6-14-15(10)3)11(8)12(13)16/h5-14,17,19,24H,15-16,18H2,1-4H3;2-9,17-18H,10-12H2,1H3;4-7H,1-3H3. The number of aromatic nitrogens is 4. The van der Waals surface area contributed by atoms with E-state index in [0.717, 1.165) is 63.4 Å². The molecule has 8 aromatic rings. The normalized spacial score (nSPS) is 13.4. The van der Waals surface area contributed by atoms with Gasteiger partial charge in [-0.2, -0.15) is 10.2 Å². The molecule has 0 unspecified atom stereocenters. The summed E-state index contributed by atoms with van der Waals surface area (Å²) < 4.78 is 3.59. The van der Waals surface area contributed by atoms with Crippen LogP contribution < -0.4 is 5.32 Å². The Labute approximate surface area is 401 Å². The summed E-state index contributed by atoms with van der Waals surface area (Å²) in [6.45, 7) is 14.2. The Hall–Kier alpha value is -6.35. The minimum absolute atomic E-state index is 0.107. The molecule has 9 heteroatoms. The van der Waals surface area contributed by atoms with Crippen molar-refractivity contribution in [3.63, 3.8) is 0 Å². The number of aryl methyl sites for hydroxylation is 4. The van der Waals surface area contributed by atoms with E-state index in [1.807, 2.05) is 51.0 Å². The Bertz CT molecular complexity index is 2970. The van der Waals surface area contributed by atoms with Crippen LogP contribution in [-0.2, 0) is 52.9 Å². The lowest BCUT2D eigenvalue weighted by Crippen LogP contribution is -2.41. The number of carbonyl (C=O) groups excluding carboxylic acids is 2. The van der Waals surface area contributed by atoms with Gasteiger partial charge in [-0.25, -0.2) is 0 Å². The minimum Gasteiger partial charge on any atom is -0.331 e. The van der Waals surface area contributed by atoms with E-state index in [1.54, 1.807) is 10.9 Å². The molecule has 2 aliphatic rings. The molecule has 0 spiro atoms. The molecule has 2 aliphatic carbocycles. The van der Waals surface area contributed by atoms with Gasteiger partial charge in [0, 0.05) is 55.6 Å². The maximum absolute atomic E-state index is 14.4. The molecular formula is C58H63ClN6O2. The monoisotopic (exact) mass is 910 g/mol. The lowest BCUT2D eigenvalue weighted by molar-refractivity contribution is 0.0668. The average molecular weight is 912 g/mol. The van der Waals surface area contributed by atoms with Gasteiger partial charge in [0.2, 0.25) is 0 Å². The molecule has 0 radical (unpaired) electrons. The SMILES string of the molecule is CC(C)c1ccc2c(cnn2C)c1C(=O)Cl.Cc1ccc(CN(C(=O)c2c(C(C)C)ccc3c2cnn3C)C2Cc3ccccc3C2)cc1.Cc1ccc(CNC2Cc3ccccc3C2)cc1. The predicted molar refractivity (Wildman–Crippen MR) is 274 cm³/mol. The number of rotatable bonds is 10. The van der Waals surface area contributed by atoms with Crippen molar-refractivity contribution in [2.45, 2.75) is 104 Å². The molecule has 1 amide bonds. The smallest absolute Gasteiger partial charge is 0.255 e. The van der Waals surface area contributed by atoms with Crippen LogP contribution in [0.1, 0.15) is 116 Å². The summed E-state index contributed by atoms with van der Waals surface area (Å²) in [4.78, 5) is 28.0. The van der Waals surface area contributed by atoms with Crippen LogP contribution in [0.3, 0.4) is 0 Å². The quantitative estimate of drug-likeness (QED) is 0.138. The van der Waals surface area contributed by atoms with Gasteiger partial charge in [-0.15, -0.1) is 0 Å². The molecule has 67 heavy (non-hydrogen) atoms. The van der Waals surface area contributed by atoms with Crippen molar-refractivity contribution < 1.29 is 9.59 Å². The van der Waals surface area contributed by atoms with Crippen LogP contribution >= 0.6 is 11.6 Å². The molecule has 2 heterocycles. The minimum atomic E-state index is -0.415. The zero-order chi connectivity index (χ0) is 47.4. The van der Waals surface area contributed by atoms with E-state index in [4.69, 9.17) is 11.6 Å². The molecule has 0 fully saturated rings. The van der Waals surface area contributed by atoms with E-state index >= 15 is 0 Å². The van der Waals surface area contributed by atoms with Crippen LogP contribution in [0.2, 0.25) is 0 Å². The summed E-state index contributed by atoms with van der Waals surface area (Å²) in [6, 6.07) is 43.6. The van der Waals surface area contributed by atoms with Gasteiger partial charge >= 0.3 is 0 Å². The van der Waals surface area contributed by atoms with Crippen LogP contribution in [0.5, 0.6) is 0 Å². The summed E-state index contributed by atoms with van der Waals surface area (Å²) in [5, 5.41) is 13.6. The van der Waals surface area contributed by atoms with Crippen molar-refractivity contribution in [1.29, 1.82) is 0 Å². The molecular weight excluding hydrogens is 848 g/mol. The Balaban J connectivity index is 0.000000150. The van der Waals surface area contributed by atoms with E-state index in [0.29, 0.717) is 18.2 Å². The molecule has 6 aromatic carbocycles. The largest absolute Gasteiger partial charge is 0.331 e. The highest BCUT2D eigenvalue weighted by Crippen LogP contribution is 2.34. The highest BCUT2D eigenvalue weighted by molar-refractivity contribution is 6.68. The molecule has 344 valence electrons. The van der Waals surface area contributed by atoms with E-state index in [9.17, 15) is 9.59 Å². The summed E-state index contributed by atoms with van der Waals surface area (Å²) >= 11 is 5.66. The number of fused-ring (bicyclic) bond motifs is 4. The first-order valence-corrected chi connectivity index (χ1v) is 24.0. The van der Waals surface area contributed by atoms with E-state index in [2.05, 4.69) is 157 Å². The molecule has 1 N–H and O–H groups in total. The fraction of sp³-hybridized carbons (Fsp3) is 0.310. The summed E-state index contributed by atoms with van der Waals surface area (Å²) in [5.41, 5.74) is 16.2. The zero-order valence-electron chi connectivity index (χ0n) is 40.2. The van der Waals surface area contributed by atoms with Crippen molar-refractivity contribution in [2.75, 3.05) is 0 Å². The number of carbonyl (C=O) groups is 2. The molecule has 0 atom stereocenters. The summed E-state index contributed by atoms with van der Waals surface area (Å²) in [5.74, 6) is 0.619. The van der Waals surface area contributed by atoms with Crippen molar-refractivity contribution in [2.24, 2.45) is 14.1 Å². The first kappa shape index (κ1) is 47.2. The predicted octanol–water partition coefficient (Wildman–Crippen LogP) is 12.1. The Morgan fingerprint density at radius 3 is 1.51 bits per heavy atom. The number of benzene rings is 6. The Morgan fingerprint density at radius 1 is 0.612 bits per heavy atom. The van der Waals surface area contributed by atoms with Crippen LogP contribution in [0.15, 0.2) is 134 Å². The molecule has 10 rings (SSSR count). The maximum Gasteiger partial charge on any atom is 0.255 e. The highest BCUT2D eigenvalue weighted by atomic mass is 35.5. The number of nitrogens with one attached hydrogen (secondary N) is 1. The average Bonchev–Trinajstić information content (AvgIpc) is 4.13. The second-order valence-electron chi connectivity index (χ2n) is 19.0. The third-order valence-corrected chi connectivity index (χ3v) is 13.7. The third kappa shape index (κ3) is 10.6. The molecule has 8 nitrogen and oxygen atoms in total. The van der Waals surface area contributed by atoms with Crippen LogP contribution in [-0.4, -0.2) is 47.7 Å². The lowest BCUT2D eigenvalue weighted by Gasteiger charge is -2.31. The maximum atomic E-state index is 14.4. The molecule has 0 saturated carbocycles. The Kier molecular flexibility index (Phi) is 14.5. The van der Waals surface area contributed by atoms with Crippen molar-refractivity contribution in [3.8, 4) is 0 Å². The van der Waals surface area contributed by atoms with Crippen LogP contribution in [0.4, 0.5) is 0 Å². The van der Waals surface area contributed by atoms with Gasteiger partial charge in [-0.05, 0) is 120 Å². The number of hydrogen-bond donors (Lipinski definition) is 1. The fourth-order valence-electron chi connectivity index (χ4n) is 9.74. The second kappa shape index (κ2) is 20.7. The lowest BCUT2D eigenvalue weighted by atomic mass is 9.93. The third-order valence-electron chi connectivity index (χ3n) is 13.6. The van der Waals surface area contributed by atoms with Gasteiger partial charge in [0.25, 0.3) is 11.1 Å². The Morgan fingerprint density at radius 2 is 1.04 bits per heavy atom. The topological polar surface area (TPSA) is 85.1 Å².